The standard InChI is InChI=1S/C13H18BrNO3S/c1-9(19(3)17)6-7-15-13(16)11-5-4-10(14)8-12(11)18-2/h4-5,8-9H,6-7H2,1-3H3,(H,15,16). The van der Waals surface area contributed by atoms with Crippen LogP contribution in [0.5, 0.6) is 5.75 Å². The van der Waals surface area contributed by atoms with Crippen molar-refractivity contribution in [3.05, 3.63) is 28.2 Å². The molecule has 0 aliphatic heterocycles. The van der Waals surface area contributed by atoms with Crippen LogP contribution in [0.1, 0.15) is 23.7 Å². The third-order valence-electron chi connectivity index (χ3n) is 2.81. The molecule has 2 atom stereocenters. The van der Waals surface area contributed by atoms with Gasteiger partial charge in [0.1, 0.15) is 5.75 Å². The van der Waals surface area contributed by atoms with Gasteiger partial charge in [0.15, 0.2) is 0 Å². The quantitative estimate of drug-likeness (QED) is 0.859. The van der Waals surface area contributed by atoms with E-state index in [-0.39, 0.29) is 11.2 Å². The Morgan fingerprint density at radius 1 is 1.53 bits per heavy atom. The number of hydrogen-bond donors (Lipinski definition) is 1. The predicted octanol–water partition coefficient (Wildman–Crippen LogP) is 2.34. The minimum Gasteiger partial charge on any atom is -0.496 e. The van der Waals surface area contributed by atoms with Crippen LogP contribution in [0.3, 0.4) is 0 Å². The van der Waals surface area contributed by atoms with Gasteiger partial charge in [-0.1, -0.05) is 22.9 Å². The highest BCUT2D eigenvalue weighted by Crippen LogP contribution is 2.23. The number of carbonyl (C=O) groups excluding carboxylic acids is 1. The molecular weight excluding hydrogens is 330 g/mol. The summed E-state index contributed by atoms with van der Waals surface area (Å²) >= 11 is 3.33. The zero-order valence-corrected chi connectivity index (χ0v) is 13.6. The van der Waals surface area contributed by atoms with Gasteiger partial charge in [-0.05, 0) is 24.6 Å². The second-order valence-corrected chi connectivity index (χ2v) is 6.92. The second kappa shape index (κ2) is 7.65. The van der Waals surface area contributed by atoms with Crippen LogP contribution in [-0.4, -0.2) is 35.3 Å². The molecule has 1 aromatic carbocycles. The maximum Gasteiger partial charge on any atom is 0.255 e. The van der Waals surface area contributed by atoms with Crippen LogP contribution < -0.4 is 10.1 Å². The van der Waals surface area contributed by atoms with Crippen LogP contribution in [0, 0.1) is 0 Å². The van der Waals surface area contributed by atoms with E-state index in [0.717, 1.165) is 4.47 Å². The lowest BCUT2D eigenvalue weighted by molar-refractivity contribution is 0.0950. The van der Waals surface area contributed by atoms with E-state index in [2.05, 4.69) is 21.2 Å². The Balaban J connectivity index is 2.61. The molecule has 0 spiro atoms. The van der Waals surface area contributed by atoms with Crippen molar-refractivity contribution in [3.63, 3.8) is 0 Å². The molecule has 1 rings (SSSR count). The normalized spacial score (nSPS) is 13.7. The summed E-state index contributed by atoms with van der Waals surface area (Å²) in [6, 6.07) is 5.25. The zero-order chi connectivity index (χ0) is 14.4. The smallest absolute Gasteiger partial charge is 0.255 e. The summed E-state index contributed by atoms with van der Waals surface area (Å²) in [7, 11) is 0.668. The summed E-state index contributed by atoms with van der Waals surface area (Å²) in [4.78, 5) is 12.0. The molecule has 0 aromatic heterocycles. The molecule has 0 radical (unpaired) electrons. The Bertz CT molecular complexity index is 479. The van der Waals surface area contributed by atoms with E-state index in [9.17, 15) is 9.00 Å². The Labute approximate surface area is 124 Å². The molecule has 4 nitrogen and oxygen atoms in total. The molecule has 6 heteroatoms. The summed E-state index contributed by atoms with van der Waals surface area (Å²) in [6.07, 6.45) is 2.36. The molecule has 2 unspecified atom stereocenters. The first kappa shape index (κ1) is 16.2. The van der Waals surface area contributed by atoms with E-state index in [4.69, 9.17) is 4.74 Å². The average molecular weight is 348 g/mol. The fraction of sp³-hybridized carbons (Fsp3) is 0.462. The topological polar surface area (TPSA) is 55.4 Å². The number of benzene rings is 1. The Morgan fingerprint density at radius 2 is 2.21 bits per heavy atom. The van der Waals surface area contributed by atoms with Gasteiger partial charge in [-0.25, -0.2) is 0 Å². The molecule has 0 saturated carbocycles. The fourth-order valence-electron chi connectivity index (χ4n) is 1.50. The van der Waals surface area contributed by atoms with Gasteiger partial charge in [0.25, 0.3) is 5.91 Å². The number of carbonyl (C=O) groups is 1. The molecular formula is C13H18BrNO3S. The Hall–Kier alpha value is -0.880. The first-order valence-corrected chi connectivity index (χ1v) is 8.31. The van der Waals surface area contributed by atoms with Gasteiger partial charge >= 0.3 is 0 Å². The highest BCUT2D eigenvalue weighted by atomic mass is 79.9. The van der Waals surface area contributed by atoms with Gasteiger partial charge in [-0.3, -0.25) is 9.00 Å². The highest BCUT2D eigenvalue weighted by Gasteiger charge is 2.13. The molecule has 1 N–H and O–H groups in total. The van der Waals surface area contributed by atoms with Crippen molar-refractivity contribution in [3.8, 4) is 5.75 Å². The average Bonchev–Trinajstić information content (AvgIpc) is 2.37. The molecule has 0 heterocycles. The van der Waals surface area contributed by atoms with E-state index in [0.29, 0.717) is 24.3 Å². The molecule has 0 saturated heterocycles. The van der Waals surface area contributed by atoms with Gasteiger partial charge in [0.2, 0.25) is 0 Å². The number of methoxy groups -OCH3 is 1. The SMILES string of the molecule is COc1cc(Br)ccc1C(=O)NCCC(C)S(C)=O. The van der Waals surface area contributed by atoms with Gasteiger partial charge < -0.3 is 10.1 Å². The summed E-state index contributed by atoms with van der Waals surface area (Å²) < 4.78 is 17.2. The molecule has 19 heavy (non-hydrogen) atoms. The number of rotatable bonds is 6. The lowest BCUT2D eigenvalue weighted by atomic mass is 10.2. The minimum atomic E-state index is -0.861. The van der Waals surface area contributed by atoms with E-state index in [1.54, 1.807) is 24.5 Å². The van der Waals surface area contributed by atoms with Crippen LogP contribution in [0.15, 0.2) is 22.7 Å². The highest BCUT2D eigenvalue weighted by molar-refractivity contribution is 9.10. The van der Waals surface area contributed by atoms with Crippen LogP contribution in [0.4, 0.5) is 0 Å². The molecule has 0 bridgehead atoms. The Kier molecular flexibility index (Phi) is 6.51. The first-order chi connectivity index (χ1) is 8.95. The first-order valence-electron chi connectivity index (χ1n) is 5.89. The predicted molar refractivity (Wildman–Crippen MR) is 81.2 cm³/mol. The molecule has 0 fully saturated rings. The summed E-state index contributed by atoms with van der Waals surface area (Å²) in [6.45, 7) is 2.40. The van der Waals surface area contributed by atoms with Gasteiger partial charge in [0, 0.05) is 33.3 Å². The van der Waals surface area contributed by atoms with Crippen molar-refractivity contribution in [1.82, 2.24) is 5.32 Å². The van der Waals surface area contributed by atoms with E-state index < -0.39 is 10.8 Å². The van der Waals surface area contributed by atoms with Crippen LogP contribution in [-0.2, 0) is 10.8 Å². The molecule has 0 aliphatic rings. The van der Waals surface area contributed by atoms with Crippen molar-refractivity contribution in [1.29, 1.82) is 0 Å². The third-order valence-corrected chi connectivity index (χ3v) is 4.67. The lowest BCUT2D eigenvalue weighted by Gasteiger charge is -2.11. The van der Waals surface area contributed by atoms with Crippen molar-refractivity contribution in [2.75, 3.05) is 19.9 Å². The summed E-state index contributed by atoms with van der Waals surface area (Å²) in [5, 5.41) is 2.89. The monoisotopic (exact) mass is 347 g/mol. The van der Waals surface area contributed by atoms with Gasteiger partial charge in [-0.2, -0.15) is 0 Å². The minimum absolute atomic E-state index is 0.0760. The van der Waals surface area contributed by atoms with E-state index >= 15 is 0 Å². The number of hydrogen-bond acceptors (Lipinski definition) is 3. The van der Waals surface area contributed by atoms with Crippen LogP contribution >= 0.6 is 15.9 Å². The van der Waals surface area contributed by atoms with Gasteiger partial charge in [-0.15, -0.1) is 0 Å². The Morgan fingerprint density at radius 3 is 2.79 bits per heavy atom. The largest absolute Gasteiger partial charge is 0.496 e. The van der Waals surface area contributed by atoms with Crippen LogP contribution in [0.25, 0.3) is 0 Å². The third kappa shape index (κ3) is 4.95. The van der Waals surface area contributed by atoms with Crippen molar-refractivity contribution in [2.45, 2.75) is 18.6 Å². The zero-order valence-electron chi connectivity index (χ0n) is 11.2. The number of ether oxygens (including phenoxy) is 1. The van der Waals surface area contributed by atoms with Crippen molar-refractivity contribution < 1.29 is 13.7 Å². The van der Waals surface area contributed by atoms with Crippen molar-refractivity contribution in [2.24, 2.45) is 0 Å². The maximum absolute atomic E-state index is 12.0. The number of amides is 1. The molecule has 1 amide bonds. The molecule has 1 aromatic rings. The van der Waals surface area contributed by atoms with E-state index in [1.807, 2.05) is 6.92 Å². The molecule has 0 aliphatic carbocycles. The fourth-order valence-corrected chi connectivity index (χ4v) is 2.29. The van der Waals surface area contributed by atoms with Crippen LogP contribution in [0.2, 0.25) is 0 Å². The van der Waals surface area contributed by atoms with E-state index in [1.165, 1.54) is 7.11 Å². The molecule has 106 valence electrons. The second-order valence-electron chi connectivity index (χ2n) is 4.20. The number of halogens is 1. The number of nitrogens with one attached hydrogen (secondary N) is 1. The summed E-state index contributed by atoms with van der Waals surface area (Å²) in [5.74, 6) is 0.345. The maximum atomic E-state index is 12.0. The van der Waals surface area contributed by atoms with Crippen molar-refractivity contribution >= 4 is 32.6 Å². The van der Waals surface area contributed by atoms with Gasteiger partial charge in [0.05, 0.1) is 12.7 Å². The lowest BCUT2D eigenvalue weighted by Crippen LogP contribution is -2.27. The summed E-state index contributed by atoms with van der Waals surface area (Å²) in [5.41, 5.74) is 0.496.